The Bertz CT molecular complexity index is 1090. The van der Waals surface area contributed by atoms with Crippen molar-refractivity contribution in [1.29, 1.82) is 0 Å². The van der Waals surface area contributed by atoms with E-state index in [1.807, 2.05) is 12.1 Å². The second-order valence-electron chi connectivity index (χ2n) is 8.12. The van der Waals surface area contributed by atoms with E-state index in [0.29, 0.717) is 16.7 Å². The second kappa shape index (κ2) is 8.69. The van der Waals surface area contributed by atoms with E-state index in [0.717, 1.165) is 49.3 Å². The zero-order chi connectivity index (χ0) is 21.2. The number of rotatable bonds is 5. The van der Waals surface area contributed by atoms with Gasteiger partial charge in [0.1, 0.15) is 18.2 Å². The highest BCUT2D eigenvalue weighted by Crippen LogP contribution is 2.30. The van der Waals surface area contributed by atoms with Gasteiger partial charge in [-0.3, -0.25) is 14.3 Å². The molecule has 0 aromatic carbocycles. The van der Waals surface area contributed by atoms with Crippen LogP contribution in [-0.4, -0.2) is 40.7 Å². The van der Waals surface area contributed by atoms with Gasteiger partial charge < -0.3 is 15.0 Å². The minimum atomic E-state index is -0.172. The van der Waals surface area contributed by atoms with Crippen molar-refractivity contribution in [2.45, 2.75) is 13.0 Å². The first-order valence-corrected chi connectivity index (χ1v) is 10.9. The van der Waals surface area contributed by atoms with E-state index in [2.05, 4.69) is 20.2 Å². The molecule has 3 aromatic heterocycles. The fraction of sp³-hybridized carbons (Fsp3) is 0.348. The number of anilines is 1. The van der Waals surface area contributed by atoms with Crippen LogP contribution in [-0.2, 0) is 6.61 Å². The summed E-state index contributed by atoms with van der Waals surface area (Å²) in [7, 11) is 0. The summed E-state index contributed by atoms with van der Waals surface area (Å²) in [5, 5.41) is 4.06. The SMILES string of the molecule is O=c1cc(OCc2ccc(Cl)cn2)ccn1-c1ccc(N2CC3CCNCC3C2)nc1. The molecule has 5 heterocycles. The number of pyridine rings is 3. The molecule has 1 N–H and O–H groups in total. The van der Waals surface area contributed by atoms with Crippen molar-refractivity contribution < 1.29 is 4.74 Å². The molecule has 2 aliphatic rings. The van der Waals surface area contributed by atoms with Crippen molar-refractivity contribution in [3.63, 3.8) is 0 Å². The fourth-order valence-electron chi connectivity index (χ4n) is 4.38. The Hall–Kier alpha value is -2.90. The summed E-state index contributed by atoms with van der Waals surface area (Å²) in [4.78, 5) is 23.8. The third-order valence-corrected chi connectivity index (χ3v) is 6.30. The molecule has 2 aliphatic heterocycles. The molecule has 0 spiro atoms. The molecule has 0 amide bonds. The molecule has 0 aliphatic carbocycles. The summed E-state index contributed by atoms with van der Waals surface area (Å²) in [6.07, 6.45) is 6.27. The van der Waals surface area contributed by atoms with Crippen molar-refractivity contribution in [1.82, 2.24) is 19.9 Å². The zero-order valence-electron chi connectivity index (χ0n) is 17.1. The summed E-state index contributed by atoms with van der Waals surface area (Å²) in [5.41, 5.74) is 1.30. The zero-order valence-corrected chi connectivity index (χ0v) is 17.8. The number of hydrogen-bond donors (Lipinski definition) is 1. The molecule has 0 saturated carbocycles. The smallest absolute Gasteiger partial charge is 0.258 e. The van der Waals surface area contributed by atoms with Gasteiger partial charge in [0.25, 0.3) is 5.56 Å². The maximum Gasteiger partial charge on any atom is 0.258 e. The van der Waals surface area contributed by atoms with Gasteiger partial charge in [-0.05, 0) is 61.7 Å². The molecule has 0 bridgehead atoms. The van der Waals surface area contributed by atoms with Crippen molar-refractivity contribution in [3.05, 3.63) is 76.1 Å². The van der Waals surface area contributed by atoms with Crippen LogP contribution in [0.1, 0.15) is 12.1 Å². The lowest BCUT2D eigenvalue weighted by atomic mass is 9.90. The Morgan fingerprint density at radius 1 is 1.10 bits per heavy atom. The Labute approximate surface area is 185 Å². The first-order chi connectivity index (χ1) is 15.2. The van der Waals surface area contributed by atoms with Gasteiger partial charge in [0.15, 0.2) is 0 Å². The Balaban J connectivity index is 1.26. The van der Waals surface area contributed by atoms with E-state index in [1.54, 1.807) is 41.4 Å². The Kier molecular flexibility index (Phi) is 5.61. The van der Waals surface area contributed by atoms with Crippen LogP contribution in [0.25, 0.3) is 5.69 Å². The molecule has 3 aromatic rings. The molecule has 2 atom stereocenters. The van der Waals surface area contributed by atoms with Gasteiger partial charge in [-0.25, -0.2) is 4.98 Å². The van der Waals surface area contributed by atoms with Gasteiger partial charge in [0, 0.05) is 31.5 Å². The number of aromatic nitrogens is 3. The van der Waals surface area contributed by atoms with Gasteiger partial charge in [-0.2, -0.15) is 0 Å². The highest BCUT2D eigenvalue weighted by Gasteiger charge is 2.34. The normalized spacial score (nSPS) is 20.5. The second-order valence-corrected chi connectivity index (χ2v) is 8.56. The lowest BCUT2D eigenvalue weighted by Crippen LogP contribution is -2.35. The molecule has 31 heavy (non-hydrogen) atoms. The largest absolute Gasteiger partial charge is 0.487 e. The third-order valence-electron chi connectivity index (χ3n) is 6.08. The number of ether oxygens (including phenoxy) is 1. The molecule has 5 rings (SSSR count). The number of hydrogen-bond acceptors (Lipinski definition) is 6. The van der Waals surface area contributed by atoms with E-state index >= 15 is 0 Å². The third kappa shape index (κ3) is 4.43. The average molecular weight is 438 g/mol. The van der Waals surface area contributed by atoms with E-state index in [4.69, 9.17) is 16.3 Å². The molecule has 2 saturated heterocycles. The number of fused-ring (bicyclic) bond motifs is 1. The van der Waals surface area contributed by atoms with Crippen LogP contribution in [0.5, 0.6) is 5.75 Å². The molecule has 8 heteroatoms. The fourth-order valence-corrected chi connectivity index (χ4v) is 4.49. The summed E-state index contributed by atoms with van der Waals surface area (Å²) in [5.74, 6) is 2.92. The van der Waals surface area contributed by atoms with E-state index < -0.39 is 0 Å². The minimum Gasteiger partial charge on any atom is -0.487 e. The predicted molar refractivity (Wildman–Crippen MR) is 120 cm³/mol. The van der Waals surface area contributed by atoms with Gasteiger partial charge in [-0.15, -0.1) is 0 Å². The highest BCUT2D eigenvalue weighted by molar-refractivity contribution is 6.30. The highest BCUT2D eigenvalue weighted by atomic mass is 35.5. The number of nitrogens with one attached hydrogen (secondary N) is 1. The van der Waals surface area contributed by atoms with E-state index in [-0.39, 0.29) is 12.2 Å². The molecule has 7 nitrogen and oxygen atoms in total. The monoisotopic (exact) mass is 437 g/mol. The van der Waals surface area contributed by atoms with Crippen LogP contribution in [0.2, 0.25) is 5.02 Å². The van der Waals surface area contributed by atoms with E-state index in [1.165, 1.54) is 12.5 Å². The Morgan fingerprint density at radius 3 is 2.74 bits per heavy atom. The van der Waals surface area contributed by atoms with Gasteiger partial charge in [0.05, 0.1) is 22.6 Å². The first kappa shape index (κ1) is 20.0. The van der Waals surface area contributed by atoms with Crippen LogP contribution in [0.15, 0.2) is 59.8 Å². The van der Waals surface area contributed by atoms with Crippen LogP contribution in [0.4, 0.5) is 5.82 Å². The van der Waals surface area contributed by atoms with Crippen molar-refractivity contribution >= 4 is 17.4 Å². The molecule has 160 valence electrons. The average Bonchev–Trinajstić information content (AvgIpc) is 3.23. The van der Waals surface area contributed by atoms with Crippen molar-refractivity contribution in [2.75, 3.05) is 31.1 Å². The van der Waals surface area contributed by atoms with Crippen LogP contribution in [0, 0.1) is 11.8 Å². The molecular weight excluding hydrogens is 414 g/mol. The Morgan fingerprint density at radius 2 is 2.00 bits per heavy atom. The number of piperidine rings is 1. The summed E-state index contributed by atoms with van der Waals surface area (Å²) in [6.45, 7) is 4.58. The van der Waals surface area contributed by atoms with Crippen molar-refractivity contribution in [2.24, 2.45) is 11.8 Å². The standard InChI is InChI=1S/C23H24ClN5O2/c24-18-1-2-19(26-11-18)15-31-21-6-8-29(23(30)9-21)20-3-4-22(27-12-20)28-13-16-5-7-25-10-17(16)14-28/h1-4,6,8-9,11-12,16-17,25H,5,7,10,13-15H2. The van der Waals surface area contributed by atoms with E-state index in [9.17, 15) is 4.79 Å². The number of halogens is 1. The quantitative estimate of drug-likeness (QED) is 0.661. The van der Waals surface area contributed by atoms with Gasteiger partial charge in [-0.1, -0.05) is 11.6 Å². The molecular formula is C23H24ClN5O2. The lowest BCUT2D eigenvalue weighted by molar-refractivity contribution is 0.300. The topological polar surface area (TPSA) is 72.3 Å². The summed E-state index contributed by atoms with van der Waals surface area (Å²) in [6, 6.07) is 10.7. The molecule has 2 unspecified atom stereocenters. The first-order valence-electron chi connectivity index (χ1n) is 10.5. The number of nitrogens with zero attached hydrogens (tertiary/aromatic N) is 4. The molecule has 2 fully saturated rings. The predicted octanol–water partition coefficient (Wildman–Crippen LogP) is 2.91. The van der Waals surface area contributed by atoms with Gasteiger partial charge >= 0.3 is 0 Å². The summed E-state index contributed by atoms with van der Waals surface area (Å²) >= 11 is 5.84. The minimum absolute atomic E-state index is 0.172. The van der Waals surface area contributed by atoms with Gasteiger partial charge in [0.2, 0.25) is 0 Å². The maximum absolute atomic E-state index is 12.6. The van der Waals surface area contributed by atoms with Crippen LogP contribution >= 0.6 is 11.6 Å². The van der Waals surface area contributed by atoms with Crippen LogP contribution in [0.3, 0.4) is 0 Å². The van der Waals surface area contributed by atoms with Crippen molar-refractivity contribution in [3.8, 4) is 11.4 Å². The lowest BCUT2D eigenvalue weighted by Gasteiger charge is -2.23. The van der Waals surface area contributed by atoms with Crippen LogP contribution < -0.4 is 20.5 Å². The summed E-state index contributed by atoms with van der Waals surface area (Å²) < 4.78 is 7.26. The maximum atomic E-state index is 12.6. The molecule has 0 radical (unpaired) electrons.